The Hall–Kier alpha value is -0.820. The van der Waals surface area contributed by atoms with Crippen molar-refractivity contribution >= 4 is 5.91 Å². The van der Waals surface area contributed by atoms with Crippen molar-refractivity contribution in [2.45, 2.75) is 44.7 Å². The van der Waals surface area contributed by atoms with Gasteiger partial charge < -0.3 is 14.7 Å². The van der Waals surface area contributed by atoms with E-state index in [9.17, 15) is 23.1 Å². The zero-order valence-electron chi connectivity index (χ0n) is 12.4. The molecule has 1 aliphatic heterocycles. The molecule has 1 aliphatic rings. The summed E-state index contributed by atoms with van der Waals surface area (Å²) in [4.78, 5) is 13.4. The van der Waals surface area contributed by atoms with Gasteiger partial charge in [-0.15, -0.1) is 0 Å². The molecule has 1 amide bonds. The molecule has 21 heavy (non-hydrogen) atoms. The Balaban J connectivity index is 2.54. The number of carbonyl (C=O) groups excluding carboxylic acids is 1. The molecule has 0 bridgehead atoms. The predicted octanol–water partition coefficient (Wildman–Crippen LogP) is 2.36. The lowest BCUT2D eigenvalue weighted by molar-refractivity contribution is -0.151. The zero-order chi connectivity index (χ0) is 15.9. The minimum absolute atomic E-state index is 0.0558. The lowest BCUT2D eigenvalue weighted by atomic mass is 9.77. The van der Waals surface area contributed by atoms with E-state index in [2.05, 4.69) is 0 Å². The third-order valence-corrected chi connectivity index (χ3v) is 4.03. The summed E-state index contributed by atoms with van der Waals surface area (Å²) in [7, 11) is 1.60. The van der Waals surface area contributed by atoms with Crippen molar-refractivity contribution in [1.29, 1.82) is 0 Å². The van der Waals surface area contributed by atoms with Crippen LogP contribution in [0.25, 0.3) is 0 Å². The number of likely N-dealkylation sites (tertiary alicyclic amines) is 1. The molecule has 124 valence electrons. The van der Waals surface area contributed by atoms with E-state index in [1.165, 1.54) is 4.90 Å². The van der Waals surface area contributed by atoms with Gasteiger partial charge in [0.05, 0.1) is 13.0 Å². The Morgan fingerprint density at radius 3 is 2.71 bits per heavy atom. The van der Waals surface area contributed by atoms with Gasteiger partial charge in [-0.25, -0.2) is 0 Å². The number of aliphatic hydroxyl groups is 1. The molecule has 1 atom stereocenters. The van der Waals surface area contributed by atoms with Gasteiger partial charge in [0.2, 0.25) is 5.91 Å². The van der Waals surface area contributed by atoms with Crippen LogP contribution in [0.3, 0.4) is 0 Å². The summed E-state index contributed by atoms with van der Waals surface area (Å²) in [6.07, 6.45) is -2.93. The standard InChI is InChI=1S/C14H24F3NO3/c1-21-9-3-6-13(11-19)5-2-8-18(10-13)12(20)4-7-14(15,16)17/h19H,2-11H2,1H3/t13-/m1/s1. The van der Waals surface area contributed by atoms with Crippen molar-refractivity contribution in [3.05, 3.63) is 0 Å². The fourth-order valence-corrected chi connectivity index (χ4v) is 2.83. The number of ether oxygens (including phenoxy) is 1. The Kier molecular flexibility index (Phi) is 6.93. The van der Waals surface area contributed by atoms with E-state index in [0.717, 1.165) is 12.8 Å². The molecule has 0 saturated carbocycles. The molecule has 7 heteroatoms. The summed E-state index contributed by atoms with van der Waals surface area (Å²) in [5, 5.41) is 9.64. The molecule has 0 unspecified atom stereocenters. The second-order valence-corrected chi connectivity index (χ2v) is 5.79. The highest BCUT2D eigenvalue weighted by molar-refractivity contribution is 5.76. The van der Waals surface area contributed by atoms with Crippen LogP contribution >= 0.6 is 0 Å². The van der Waals surface area contributed by atoms with Gasteiger partial charge in [0.25, 0.3) is 0 Å². The maximum atomic E-state index is 12.2. The van der Waals surface area contributed by atoms with Crippen molar-refractivity contribution in [1.82, 2.24) is 4.90 Å². The number of alkyl halides is 3. The van der Waals surface area contributed by atoms with Crippen molar-refractivity contribution < 1.29 is 27.8 Å². The fourth-order valence-electron chi connectivity index (χ4n) is 2.83. The quantitative estimate of drug-likeness (QED) is 0.734. The van der Waals surface area contributed by atoms with Gasteiger partial charge in [-0.3, -0.25) is 4.79 Å². The van der Waals surface area contributed by atoms with Crippen LogP contribution in [0.2, 0.25) is 0 Å². The molecule has 1 fully saturated rings. The minimum atomic E-state index is -4.31. The lowest BCUT2D eigenvalue weighted by Gasteiger charge is -2.42. The first-order chi connectivity index (χ1) is 9.82. The summed E-state index contributed by atoms with van der Waals surface area (Å²) < 4.78 is 41.5. The van der Waals surface area contributed by atoms with E-state index >= 15 is 0 Å². The van der Waals surface area contributed by atoms with Crippen LogP contribution in [0.15, 0.2) is 0 Å². The number of methoxy groups -OCH3 is 1. The maximum absolute atomic E-state index is 12.2. The van der Waals surface area contributed by atoms with E-state index in [-0.39, 0.29) is 6.61 Å². The molecular formula is C14H24F3NO3. The highest BCUT2D eigenvalue weighted by Gasteiger charge is 2.37. The monoisotopic (exact) mass is 311 g/mol. The Labute approximate surface area is 123 Å². The topological polar surface area (TPSA) is 49.8 Å². The molecule has 0 spiro atoms. The number of amides is 1. The number of halogens is 3. The third kappa shape index (κ3) is 6.22. The summed E-state index contributed by atoms with van der Waals surface area (Å²) in [5.74, 6) is -0.475. The van der Waals surface area contributed by atoms with Crippen molar-refractivity contribution in [2.75, 3.05) is 33.4 Å². The first-order valence-corrected chi connectivity index (χ1v) is 7.26. The number of carbonyl (C=O) groups is 1. The third-order valence-electron chi connectivity index (χ3n) is 4.03. The molecule has 0 aromatic heterocycles. The lowest BCUT2D eigenvalue weighted by Crippen LogP contribution is -2.48. The first-order valence-electron chi connectivity index (χ1n) is 7.26. The number of hydrogen-bond donors (Lipinski definition) is 1. The van der Waals surface area contributed by atoms with Crippen LogP contribution in [0.1, 0.15) is 38.5 Å². The molecule has 1 N–H and O–H groups in total. The Bertz CT molecular complexity index is 336. The molecule has 0 aromatic rings. The predicted molar refractivity (Wildman–Crippen MR) is 71.7 cm³/mol. The van der Waals surface area contributed by atoms with E-state index in [1.807, 2.05) is 0 Å². The van der Waals surface area contributed by atoms with Crippen LogP contribution in [0.4, 0.5) is 13.2 Å². The molecule has 4 nitrogen and oxygen atoms in total. The second-order valence-electron chi connectivity index (χ2n) is 5.79. The SMILES string of the molecule is COCCC[C@]1(CO)CCCN(C(=O)CCC(F)(F)F)C1. The summed E-state index contributed by atoms with van der Waals surface area (Å²) in [6, 6.07) is 0. The minimum Gasteiger partial charge on any atom is -0.396 e. The highest BCUT2D eigenvalue weighted by Crippen LogP contribution is 2.35. The number of rotatable bonds is 7. The summed E-state index contributed by atoms with van der Waals surface area (Å²) >= 11 is 0. The molecule has 0 aliphatic carbocycles. The van der Waals surface area contributed by atoms with Gasteiger partial charge in [-0.1, -0.05) is 0 Å². The van der Waals surface area contributed by atoms with Gasteiger partial charge >= 0.3 is 6.18 Å². The molecule has 0 aromatic carbocycles. The Morgan fingerprint density at radius 1 is 1.43 bits per heavy atom. The van der Waals surface area contributed by atoms with Gasteiger partial charge in [0, 0.05) is 38.6 Å². The second kappa shape index (κ2) is 7.98. The van der Waals surface area contributed by atoms with Crippen LogP contribution in [-0.2, 0) is 9.53 Å². The van der Waals surface area contributed by atoms with Gasteiger partial charge in [0.1, 0.15) is 0 Å². The van der Waals surface area contributed by atoms with Gasteiger partial charge in [0.15, 0.2) is 0 Å². The van der Waals surface area contributed by atoms with Crippen molar-refractivity contribution in [2.24, 2.45) is 5.41 Å². The summed E-state index contributed by atoms with van der Waals surface area (Å²) in [5.41, 5.74) is -0.398. The molecule has 1 saturated heterocycles. The number of aliphatic hydroxyl groups excluding tert-OH is 1. The highest BCUT2D eigenvalue weighted by atomic mass is 19.4. The van der Waals surface area contributed by atoms with Crippen molar-refractivity contribution in [3.8, 4) is 0 Å². The normalized spacial score (nSPS) is 23.4. The maximum Gasteiger partial charge on any atom is 0.389 e. The van der Waals surface area contributed by atoms with E-state index in [1.54, 1.807) is 7.11 Å². The average Bonchev–Trinajstić information content (AvgIpc) is 2.44. The summed E-state index contributed by atoms with van der Waals surface area (Å²) in [6.45, 7) is 1.33. The van der Waals surface area contributed by atoms with Crippen LogP contribution in [0.5, 0.6) is 0 Å². The average molecular weight is 311 g/mol. The molecular weight excluding hydrogens is 287 g/mol. The fraction of sp³-hybridized carbons (Fsp3) is 0.929. The van der Waals surface area contributed by atoms with Crippen LogP contribution in [-0.4, -0.2) is 55.5 Å². The van der Waals surface area contributed by atoms with Crippen LogP contribution in [0, 0.1) is 5.41 Å². The number of piperidine rings is 1. The molecule has 1 heterocycles. The molecule has 1 rings (SSSR count). The zero-order valence-corrected chi connectivity index (χ0v) is 12.4. The Morgan fingerprint density at radius 2 is 2.14 bits per heavy atom. The molecule has 0 radical (unpaired) electrons. The van der Waals surface area contributed by atoms with Gasteiger partial charge in [-0.05, 0) is 25.7 Å². The number of nitrogens with zero attached hydrogens (tertiary/aromatic N) is 1. The largest absolute Gasteiger partial charge is 0.396 e. The van der Waals surface area contributed by atoms with Crippen LogP contribution < -0.4 is 0 Å². The van der Waals surface area contributed by atoms with Crippen molar-refractivity contribution in [3.63, 3.8) is 0 Å². The van der Waals surface area contributed by atoms with E-state index < -0.39 is 30.3 Å². The number of hydrogen-bond acceptors (Lipinski definition) is 3. The van der Waals surface area contributed by atoms with E-state index in [0.29, 0.717) is 32.5 Å². The first kappa shape index (κ1) is 18.2. The smallest absolute Gasteiger partial charge is 0.389 e. The van der Waals surface area contributed by atoms with E-state index in [4.69, 9.17) is 4.74 Å². The van der Waals surface area contributed by atoms with Gasteiger partial charge in [-0.2, -0.15) is 13.2 Å².